The summed E-state index contributed by atoms with van der Waals surface area (Å²) in [6, 6.07) is 5.94. The monoisotopic (exact) mass is 454 g/mol. The van der Waals surface area contributed by atoms with Gasteiger partial charge >= 0.3 is 11.9 Å². The summed E-state index contributed by atoms with van der Waals surface area (Å²) in [5.41, 5.74) is 2.76. The Bertz CT molecular complexity index is 906. The van der Waals surface area contributed by atoms with E-state index >= 15 is 0 Å². The Balaban J connectivity index is 1.52. The molecular weight excluding hydrogens is 416 g/mol. The Hall–Kier alpha value is -2.30. The number of hydrogen-bond acceptors (Lipinski definition) is 4. The standard InChI is InChI=1S/C28H38O5/c1-18(29)33-25-13-12-24-27-19(8-6-4-3-5-7-9-26(31)32)16-20-17-21(30)10-11-22(20)23(27)14-15-28(24,25)2/h3-4,10-11,17,19,23-25,27,30H,5-9,12-16H2,1-2H3,(H,31,32)/t19-,23?,24?,25+,27?,28+/m1/s1. The van der Waals surface area contributed by atoms with Crippen LogP contribution in [0.4, 0.5) is 0 Å². The first kappa shape index (κ1) is 23.8. The van der Waals surface area contributed by atoms with Crippen LogP contribution in [-0.4, -0.2) is 28.3 Å². The van der Waals surface area contributed by atoms with E-state index in [9.17, 15) is 14.7 Å². The second-order valence-electron chi connectivity index (χ2n) is 10.7. The molecule has 5 heteroatoms. The number of fused-ring (bicyclic) bond motifs is 5. The van der Waals surface area contributed by atoms with Gasteiger partial charge in [-0.3, -0.25) is 9.59 Å². The van der Waals surface area contributed by atoms with E-state index < -0.39 is 5.97 Å². The fourth-order valence-electron chi connectivity index (χ4n) is 7.32. The number of unbranched alkanes of at least 4 members (excludes halogenated alkanes) is 1. The number of rotatable bonds is 8. The molecule has 5 nitrogen and oxygen atoms in total. The van der Waals surface area contributed by atoms with Crippen LogP contribution < -0.4 is 0 Å². The van der Waals surface area contributed by atoms with Crippen LogP contribution in [0.25, 0.3) is 0 Å². The molecule has 0 saturated heterocycles. The molecule has 0 bridgehead atoms. The Morgan fingerprint density at radius 1 is 1.18 bits per heavy atom. The minimum Gasteiger partial charge on any atom is -0.508 e. The first-order valence-electron chi connectivity index (χ1n) is 12.7. The second-order valence-corrected chi connectivity index (χ2v) is 10.7. The van der Waals surface area contributed by atoms with Crippen LogP contribution in [0, 0.1) is 23.2 Å². The van der Waals surface area contributed by atoms with E-state index in [1.54, 1.807) is 0 Å². The van der Waals surface area contributed by atoms with Gasteiger partial charge in [0.15, 0.2) is 0 Å². The van der Waals surface area contributed by atoms with Crippen molar-refractivity contribution in [2.24, 2.45) is 23.2 Å². The number of carbonyl (C=O) groups is 2. The van der Waals surface area contributed by atoms with E-state index in [0.29, 0.717) is 35.8 Å². The van der Waals surface area contributed by atoms with Crippen molar-refractivity contribution in [1.82, 2.24) is 0 Å². The molecule has 0 aromatic heterocycles. The Morgan fingerprint density at radius 2 is 1.97 bits per heavy atom. The van der Waals surface area contributed by atoms with Crippen molar-refractivity contribution in [2.75, 3.05) is 0 Å². The summed E-state index contributed by atoms with van der Waals surface area (Å²) in [4.78, 5) is 22.4. The number of esters is 1. The fourth-order valence-corrected chi connectivity index (χ4v) is 7.32. The maximum absolute atomic E-state index is 11.8. The van der Waals surface area contributed by atoms with Crippen LogP contribution in [0.5, 0.6) is 5.75 Å². The first-order chi connectivity index (χ1) is 15.8. The molecule has 33 heavy (non-hydrogen) atoms. The van der Waals surface area contributed by atoms with Crippen LogP contribution in [0.2, 0.25) is 0 Å². The number of benzene rings is 1. The number of hydrogen-bond donors (Lipinski definition) is 2. The third-order valence-corrected chi connectivity index (χ3v) is 8.74. The number of aliphatic carboxylic acids is 1. The van der Waals surface area contributed by atoms with E-state index in [1.807, 2.05) is 12.1 Å². The zero-order chi connectivity index (χ0) is 23.6. The number of carbonyl (C=O) groups excluding carboxylic acids is 1. The van der Waals surface area contributed by atoms with Gasteiger partial charge in [-0.25, -0.2) is 0 Å². The predicted octanol–water partition coefficient (Wildman–Crippen LogP) is 6.00. The topological polar surface area (TPSA) is 83.8 Å². The smallest absolute Gasteiger partial charge is 0.303 e. The molecule has 0 radical (unpaired) electrons. The van der Waals surface area contributed by atoms with Crippen molar-refractivity contribution < 1.29 is 24.5 Å². The Morgan fingerprint density at radius 3 is 2.73 bits per heavy atom. The molecule has 3 aliphatic rings. The average molecular weight is 455 g/mol. The Kier molecular flexibility index (Phi) is 7.16. The SMILES string of the molecule is CC(=O)O[C@H]1CCC2C3C(CC[C@@]21C)c1ccc(O)cc1C[C@H]3CCC=CCCCC(=O)O. The molecule has 1 aromatic rings. The molecule has 0 heterocycles. The molecule has 0 spiro atoms. The molecule has 180 valence electrons. The van der Waals surface area contributed by atoms with Crippen LogP contribution in [0.1, 0.15) is 88.7 Å². The normalized spacial score (nSPS) is 32.7. The first-order valence-corrected chi connectivity index (χ1v) is 12.7. The van der Waals surface area contributed by atoms with E-state index in [4.69, 9.17) is 9.84 Å². The lowest BCUT2D eigenvalue weighted by Gasteiger charge is -2.53. The lowest BCUT2D eigenvalue weighted by Crippen LogP contribution is -2.48. The van der Waals surface area contributed by atoms with Gasteiger partial charge < -0.3 is 14.9 Å². The average Bonchev–Trinajstić information content (AvgIpc) is 3.08. The van der Waals surface area contributed by atoms with Crippen LogP contribution >= 0.6 is 0 Å². The molecule has 3 unspecified atom stereocenters. The van der Waals surface area contributed by atoms with Crippen LogP contribution in [0.3, 0.4) is 0 Å². The lowest BCUT2D eigenvalue weighted by atomic mass is 9.52. The summed E-state index contributed by atoms with van der Waals surface area (Å²) in [6.45, 7) is 3.87. The summed E-state index contributed by atoms with van der Waals surface area (Å²) in [6.07, 6.45) is 13.4. The molecular formula is C28H38O5. The quantitative estimate of drug-likeness (QED) is 0.286. The number of phenolic OH excluding ortho intramolecular Hbond substituents is 1. The fraction of sp³-hybridized carbons (Fsp3) is 0.643. The second kappa shape index (κ2) is 9.90. The zero-order valence-electron chi connectivity index (χ0n) is 20.0. The molecule has 2 N–H and O–H groups in total. The van der Waals surface area contributed by atoms with Gasteiger partial charge in [0.1, 0.15) is 11.9 Å². The van der Waals surface area contributed by atoms with Gasteiger partial charge in [0.25, 0.3) is 0 Å². The van der Waals surface area contributed by atoms with Crippen LogP contribution in [0.15, 0.2) is 30.4 Å². The van der Waals surface area contributed by atoms with Crippen molar-refractivity contribution in [1.29, 1.82) is 0 Å². The van der Waals surface area contributed by atoms with E-state index in [2.05, 4.69) is 25.1 Å². The molecule has 1 aromatic carbocycles. The zero-order valence-corrected chi connectivity index (χ0v) is 20.0. The maximum Gasteiger partial charge on any atom is 0.303 e. The van der Waals surface area contributed by atoms with Gasteiger partial charge in [-0.2, -0.15) is 0 Å². The lowest BCUT2D eigenvalue weighted by molar-refractivity contribution is -0.155. The van der Waals surface area contributed by atoms with E-state index in [0.717, 1.165) is 51.4 Å². The van der Waals surface area contributed by atoms with Gasteiger partial charge in [-0.15, -0.1) is 0 Å². The predicted molar refractivity (Wildman–Crippen MR) is 127 cm³/mol. The highest BCUT2D eigenvalue weighted by molar-refractivity contribution is 5.66. The van der Waals surface area contributed by atoms with Gasteiger partial charge in [0.2, 0.25) is 0 Å². The number of carboxylic acid groups (broad SMARTS) is 1. The van der Waals surface area contributed by atoms with Gasteiger partial charge in [0.05, 0.1) is 0 Å². The molecule has 6 atom stereocenters. The molecule has 0 amide bonds. The molecule has 2 saturated carbocycles. The van der Waals surface area contributed by atoms with E-state index in [1.165, 1.54) is 18.1 Å². The largest absolute Gasteiger partial charge is 0.508 e. The van der Waals surface area contributed by atoms with Gasteiger partial charge in [0, 0.05) is 18.8 Å². The Labute approximate surface area is 197 Å². The summed E-state index contributed by atoms with van der Waals surface area (Å²) < 4.78 is 5.81. The number of allylic oxidation sites excluding steroid dienone is 2. The number of phenols is 1. The number of aromatic hydroxyl groups is 1. The highest BCUT2D eigenvalue weighted by Crippen LogP contribution is 2.63. The maximum atomic E-state index is 11.8. The summed E-state index contributed by atoms with van der Waals surface area (Å²) in [7, 11) is 0. The summed E-state index contributed by atoms with van der Waals surface area (Å²) in [5, 5.41) is 18.9. The van der Waals surface area contributed by atoms with Crippen molar-refractivity contribution in [3.63, 3.8) is 0 Å². The van der Waals surface area contributed by atoms with Gasteiger partial charge in [-0.1, -0.05) is 25.1 Å². The van der Waals surface area contributed by atoms with Crippen molar-refractivity contribution in [3.05, 3.63) is 41.5 Å². The van der Waals surface area contributed by atoms with Crippen LogP contribution in [-0.2, 0) is 20.7 Å². The van der Waals surface area contributed by atoms with Crippen molar-refractivity contribution in [2.45, 2.75) is 90.1 Å². The third kappa shape index (κ3) is 4.97. The van der Waals surface area contributed by atoms with Gasteiger partial charge in [-0.05, 0) is 105 Å². The van der Waals surface area contributed by atoms with Crippen molar-refractivity contribution in [3.8, 4) is 5.75 Å². The minimum absolute atomic E-state index is 0.0249. The number of ether oxygens (including phenoxy) is 1. The highest BCUT2D eigenvalue weighted by atomic mass is 16.5. The summed E-state index contributed by atoms with van der Waals surface area (Å²) in [5.74, 6) is 1.61. The van der Waals surface area contributed by atoms with Crippen molar-refractivity contribution >= 4 is 11.9 Å². The number of carboxylic acids is 1. The third-order valence-electron chi connectivity index (χ3n) is 8.74. The van der Waals surface area contributed by atoms with E-state index in [-0.39, 0.29) is 23.9 Å². The minimum atomic E-state index is -0.734. The highest BCUT2D eigenvalue weighted by Gasteiger charge is 2.57. The molecule has 2 fully saturated rings. The summed E-state index contributed by atoms with van der Waals surface area (Å²) >= 11 is 0. The molecule has 4 rings (SSSR count). The molecule has 0 aliphatic heterocycles. The molecule has 3 aliphatic carbocycles.